The molecule has 4 amide bonds. The van der Waals surface area contributed by atoms with Crippen LogP contribution in [0.3, 0.4) is 0 Å². The van der Waals surface area contributed by atoms with Crippen LogP contribution in [0.15, 0.2) is 60.8 Å². The van der Waals surface area contributed by atoms with E-state index in [1.807, 2.05) is 30.3 Å². The average molecular weight is 562 g/mol. The Balaban J connectivity index is 1.67. The summed E-state index contributed by atoms with van der Waals surface area (Å²) in [5.74, 6) is -2.64. The number of nitrogens with one attached hydrogen (secondary N) is 4. The molecule has 3 aromatic rings. The van der Waals surface area contributed by atoms with Crippen LogP contribution in [0.1, 0.15) is 36.7 Å². The summed E-state index contributed by atoms with van der Waals surface area (Å²) in [7, 11) is 0. The van der Waals surface area contributed by atoms with Crippen molar-refractivity contribution in [1.29, 1.82) is 0 Å². The number of aromatic nitrogens is 3. The summed E-state index contributed by atoms with van der Waals surface area (Å²) in [5.41, 5.74) is 2.32. The molecule has 0 aliphatic carbocycles. The van der Waals surface area contributed by atoms with Crippen LogP contribution < -0.4 is 21.3 Å². The Morgan fingerprint density at radius 2 is 1.59 bits per heavy atom. The summed E-state index contributed by atoms with van der Waals surface area (Å²) < 4.78 is 1.57. The van der Waals surface area contributed by atoms with Crippen LogP contribution >= 0.6 is 0 Å². The Labute approximate surface area is 237 Å². The third-order valence-corrected chi connectivity index (χ3v) is 6.81. The lowest BCUT2D eigenvalue weighted by Gasteiger charge is -2.28. The normalized spacial score (nSPS) is 21.4. The minimum atomic E-state index is -1.37. The summed E-state index contributed by atoms with van der Waals surface area (Å²) in [4.78, 5) is 53.1. The predicted molar refractivity (Wildman–Crippen MR) is 150 cm³/mol. The molecule has 1 aromatic heterocycles. The largest absolute Gasteiger partial charge is 0.391 e. The van der Waals surface area contributed by atoms with Crippen LogP contribution in [0, 0.1) is 5.92 Å². The summed E-state index contributed by atoms with van der Waals surface area (Å²) >= 11 is 0. The first-order valence-electron chi connectivity index (χ1n) is 13.5. The van der Waals surface area contributed by atoms with E-state index in [4.69, 9.17) is 0 Å². The third-order valence-electron chi connectivity index (χ3n) is 6.81. The monoisotopic (exact) mass is 561 g/mol. The Bertz CT molecular complexity index is 1390. The van der Waals surface area contributed by atoms with Crippen molar-refractivity contribution in [3.8, 4) is 11.3 Å². The van der Waals surface area contributed by atoms with Gasteiger partial charge >= 0.3 is 0 Å². The molecule has 12 nitrogen and oxygen atoms in total. The van der Waals surface area contributed by atoms with Crippen molar-refractivity contribution in [2.24, 2.45) is 5.92 Å². The molecule has 2 heterocycles. The minimum absolute atomic E-state index is 0.187. The molecule has 1 aliphatic heterocycles. The molecular weight excluding hydrogens is 526 g/mol. The maximum absolute atomic E-state index is 13.4. The molecule has 12 heteroatoms. The SMILES string of the molecule is CC(C)[C@H]1NC(=O)c2cccc(c2)-c2cn(nn2)CCNC(=O)[C@H](Cc2ccccc2)NC(=O)[C@H]([C@@H](C)O)NC1=O. The van der Waals surface area contributed by atoms with Crippen LogP contribution in [0.5, 0.6) is 0 Å². The van der Waals surface area contributed by atoms with Crippen molar-refractivity contribution in [2.45, 2.75) is 58.0 Å². The van der Waals surface area contributed by atoms with Crippen molar-refractivity contribution in [3.05, 3.63) is 71.9 Å². The van der Waals surface area contributed by atoms with Gasteiger partial charge in [0.2, 0.25) is 17.7 Å². The van der Waals surface area contributed by atoms with E-state index in [9.17, 15) is 24.3 Å². The van der Waals surface area contributed by atoms with Gasteiger partial charge in [0, 0.05) is 24.1 Å². The molecule has 1 aliphatic rings. The molecule has 4 bridgehead atoms. The molecule has 0 spiro atoms. The Hall–Kier alpha value is -4.58. The van der Waals surface area contributed by atoms with E-state index in [1.54, 1.807) is 49.0 Å². The molecule has 5 N–H and O–H groups in total. The number of hydrogen-bond donors (Lipinski definition) is 5. The van der Waals surface area contributed by atoms with Crippen molar-refractivity contribution in [3.63, 3.8) is 0 Å². The number of benzene rings is 2. The van der Waals surface area contributed by atoms with E-state index >= 15 is 0 Å². The van der Waals surface area contributed by atoms with Gasteiger partial charge in [0.25, 0.3) is 5.91 Å². The molecule has 2 aromatic carbocycles. The molecule has 216 valence electrons. The number of hydrogen-bond acceptors (Lipinski definition) is 7. The number of fused-ring (bicyclic) bond motifs is 5. The van der Waals surface area contributed by atoms with Gasteiger partial charge in [-0.3, -0.25) is 23.9 Å². The first-order valence-corrected chi connectivity index (χ1v) is 13.5. The van der Waals surface area contributed by atoms with Crippen LogP contribution in [-0.4, -0.2) is 74.5 Å². The van der Waals surface area contributed by atoms with E-state index in [0.717, 1.165) is 5.56 Å². The average Bonchev–Trinajstić information content (AvgIpc) is 3.42. The third kappa shape index (κ3) is 7.54. The topological polar surface area (TPSA) is 167 Å². The molecule has 4 atom stereocenters. The number of aliphatic hydroxyl groups excluding tert-OH is 1. The Morgan fingerprint density at radius 1 is 0.878 bits per heavy atom. The standard InChI is InChI=1S/C29H35N7O5/c1-17(2)24-28(40)33-25(18(3)37)29(41)31-22(14-19-8-5-4-6-9-19)27(39)30-12-13-36-16-23(34-35-36)20-10-7-11-21(15-20)26(38)32-24/h4-11,15-18,22,24-25,37H,12-14H2,1-3H3,(H,30,39)(H,31,41)(H,32,38)(H,33,40)/t18-,22+,24-,25+/m1/s1. The number of carbonyl (C=O) groups excluding carboxylic acids is 4. The quantitative estimate of drug-likeness (QED) is 0.308. The van der Waals surface area contributed by atoms with Gasteiger partial charge < -0.3 is 26.4 Å². The van der Waals surface area contributed by atoms with Crippen molar-refractivity contribution >= 4 is 23.6 Å². The Morgan fingerprint density at radius 3 is 2.29 bits per heavy atom. The Kier molecular flexibility index (Phi) is 9.45. The fourth-order valence-electron chi connectivity index (χ4n) is 4.50. The summed E-state index contributed by atoms with van der Waals surface area (Å²) in [6.45, 7) is 5.40. The highest BCUT2D eigenvalue weighted by Gasteiger charge is 2.33. The van der Waals surface area contributed by atoms with E-state index in [1.165, 1.54) is 6.92 Å². The van der Waals surface area contributed by atoms with Crippen LogP contribution in [0.2, 0.25) is 0 Å². The highest BCUT2D eigenvalue weighted by Crippen LogP contribution is 2.18. The lowest BCUT2D eigenvalue weighted by molar-refractivity contribution is -0.135. The fraction of sp³-hybridized carbons (Fsp3) is 0.379. The van der Waals surface area contributed by atoms with E-state index in [0.29, 0.717) is 23.4 Å². The zero-order valence-electron chi connectivity index (χ0n) is 23.2. The van der Waals surface area contributed by atoms with Crippen molar-refractivity contribution in [1.82, 2.24) is 36.3 Å². The van der Waals surface area contributed by atoms with E-state index in [-0.39, 0.29) is 18.9 Å². The second-order valence-corrected chi connectivity index (χ2v) is 10.4. The van der Waals surface area contributed by atoms with Crippen molar-refractivity contribution in [2.75, 3.05) is 6.54 Å². The first kappa shape index (κ1) is 29.4. The number of nitrogens with zero attached hydrogens (tertiary/aromatic N) is 3. The highest BCUT2D eigenvalue weighted by molar-refractivity contribution is 5.99. The van der Waals surface area contributed by atoms with Crippen molar-refractivity contribution < 1.29 is 24.3 Å². The van der Waals surface area contributed by atoms with Crippen LogP contribution in [0.25, 0.3) is 11.3 Å². The van der Waals surface area contributed by atoms with Gasteiger partial charge in [-0.2, -0.15) is 0 Å². The van der Waals surface area contributed by atoms with Crippen LogP contribution in [-0.2, 0) is 27.3 Å². The number of amides is 4. The van der Waals surface area contributed by atoms with E-state index in [2.05, 4.69) is 31.6 Å². The highest BCUT2D eigenvalue weighted by atomic mass is 16.3. The zero-order chi connectivity index (χ0) is 29.5. The number of rotatable bonds is 4. The lowest BCUT2D eigenvalue weighted by Crippen LogP contribution is -2.60. The molecule has 0 unspecified atom stereocenters. The first-order chi connectivity index (χ1) is 19.6. The molecule has 4 rings (SSSR count). The van der Waals surface area contributed by atoms with Gasteiger partial charge in [0.15, 0.2) is 0 Å². The van der Waals surface area contributed by atoms with Gasteiger partial charge in [-0.05, 0) is 30.5 Å². The second kappa shape index (κ2) is 13.2. The van der Waals surface area contributed by atoms with Gasteiger partial charge in [0.05, 0.1) is 18.8 Å². The summed E-state index contributed by atoms with van der Waals surface area (Å²) in [6, 6.07) is 12.6. The molecule has 0 fully saturated rings. The van der Waals surface area contributed by atoms with Gasteiger partial charge in [-0.15, -0.1) is 5.10 Å². The molecule has 0 saturated heterocycles. The zero-order valence-corrected chi connectivity index (χ0v) is 23.2. The van der Waals surface area contributed by atoms with Crippen LogP contribution in [0.4, 0.5) is 0 Å². The number of aliphatic hydroxyl groups is 1. The van der Waals surface area contributed by atoms with E-state index < -0.39 is 47.9 Å². The lowest BCUT2D eigenvalue weighted by atomic mass is 10.0. The number of carbonyl (C=O) groups is 4. The molecule has 0 radical (unpaired) electrons. The summed E-state index contributed by atoms with van der Waals surface area (Å²) in [5, 5.41) is 29.6. The summed E-state index contributed by atoms with van der Waals surface area (Å²) in [6.07, 6.45) is 0.611. The molecular formula is C29H35N7O5. The van der Waals surface area contributed by atoms with Gasteiger partial charge in [0.1, 0.15) is 23.8 Å². The second-order valence-electron chi connectivity index (χ2n) is 10.4. The maximum atomic E-state index is 13.4. The molecule has 0 saturated carbocycles. The predicted octanol–water partition coefficient (Wildman–Crippen LogP) is 0.422. The molecule has 41 heavy (non-hydrogen) atoms. The van der Waals surface area contributed by atoms with Gasteiger partial charge in [-0.25, -0.2) is 0 Å². The van der Waals surface area contributed by atoms with Gasteiger partial charge in [-0.1, -0.05) is 61.5 Å². The maximum Gasteiger partial charge on any atom is 0.251 e. The fourth-order valence-corrected chi connectivity index (χ4v) is 4.50. The smallest absolute Gasteiger partial charge is 0.251 e. The minimum Gasteiger partial charge on any atom is -0.391 e.